The first-order valence-corrected chi connectivity index (χ1v) is 3.98. The molecule has 4 nitrogen and oxygen atoms in total. The van der Waals surface area contributed by atoms with Gasteiger partial charge in [0.1, 0.15) is 5.84 Å². The zero-order valence-corrected chi connectivity index (χ0v) is 7.28. The SMILES string of the molecule is Cc1cccc2c(C(=N)N)cnn12. The van der Waals surface area contributed by atoms with Crippen LogP contribution in [0.5, 0.6) is 0 Å². The van der Waals surface area contributed by atoms with Gasteiger partial charge in [-0.1, -0.05) is 6.07 Å². The number of aromatic nitrogens is 2. The molecule has 0 saturated carbocycles. The van der Waals surface area contributed by atoms with Crippen molar-refractivity contribution in [2.45, 2.75) is 6.92 Å². The molecule has 4 heteroatoms. The summed E-state index contributed by atoms with van der Waals surface area (Å²) in [6.45, 7) is 1.96. The van der Waals surface area contributed by atoms with Crippen LogP contribution in [0.1, 0.15) is 11.3 Å². The highest BCUT2D eigenvalue weighted by Crippen LogP contribution is 2.11. The van der Waals surface area contributed by atoms with Gasteiger partial charge in [0.15, 0.2) is 0 Å². The minimum atomic E-state index is 0.0561. The fourth-order valence-corrected chi connectivity index (χ4v) is 1.36. The second-order valence-corrected chi connectivity index (χ2v) is 2.94. The van der Waals surface area contributed by atoms with E-state index < -0.39 is 0 Å². The van der Waals surface area contributed by atoms with Gasteiger partial charge in [-0.3, -0.25) is 5.41 Å². The van der Waals surface area contributed by atoms with Crippen molar-refractivity contribution in [3.05, 3.63) is 35.7 Å². The monoisotopic (exact) mass is 174 g/mol. The zero-order chi connectivity index (χ0) is 9.42. The van der Waals surface area contributed by atoms with Crippen molar-refractivity contribution in [3.63, 3.8) is 0 Å². The Labute approximate surface area is 75.5 Å². The minimum absolute atomic E-state index is 0.0561. The Morgan fingerprint density at radius 2 is 2.31 bits per heavy atom. The summed E-state index contributed by atoms with van der Waals surface area (Å²) in [4.78, 5) is 0. The average Bonchev–Trinajstić information content (AvgIpc) is 2.48. The van der Waals surface area contributed by atoms with Crippen LogP contribution in [0.15, 0.2) is 24.4 Å². The van der Waals surface area contributed by atoms with Crippen molar-refractivity contribution >= 4 is 11.4 Å². The molecule has 13 heavy (non-hydrogen) atoms. The lowest BCUT2D eigenvalue weighted by Crippen LogP contribution is -2.10. The molecule has 2 rings (SSSR count). The number of amidine groups is 1. The van der Waals surface area contributed by atoms with Crippen LogP contribution in [0.25, 0.3) is 5.52 Å². The number of pyridine rings is 1. The second-order valence-electron chi connectivity index (χ2n) is 2.94. The first-order valence-electron chi connectivity index (χ1n) is 3.98. The van der Waals surface area contributed by atoms with Gasteiger partial charge in [-0.05, 0) is 19.1 Å². The maximum Gasteiger partial charge on any atom is 0.126 e. The maximum atomic E-state index is 7.33. The fourth-order valence-electron chi connectivity index (χ4n) is 1.36. The Morgan fingerprint density at radius 1 is 1.54 bits per heavy atom. The van der Waals surface area contributed by atoms with Crippen molar-refractivity contribution in [3.8, 4) is 0 Å². The summed E-state index contributed by atoms with van der Waals surface area (Å²) in [5.41, 5.74) is 8.00. The Bertz CT molecular complexity index is 469. The maximum absolute atomic E-state index is 7.33. The molecular formula is C9H10N4. The summed E-state index contributed by atoms with van der Waals surface area (Å²) in [6.07, 6.45) is 1.62. The third-order valence-electron chi connectivity index (χ3n) is 2.02. The van der Waals surface area contributed by atoms with Crippen LogP contribution < -0.4 is 5.73 Å². The molecule has 0 radical (unpaired) electrons. The molecule has 0 atom stereocenters. The van der Waals surface area contributed by atoms with E-state index in [0.29, 0.717) is 5.56 Å². The molecule has 2 aromatic rings. The van der Waals surface area contributed by atoms with E-state index in [1.165, 1.54) is 0 Å². The standard InChI is InChI=1S/C9H10N4/c1-6-3-2-4-8-7(9(10)11)5-12-13(6)8/h2-5H,1H3,(H3,10,11). The van der Waals surface area contributed by atoms with Crippen LogP contribution in [-0.2, 0) is 0 Å². The Hall–Kier alpha value is -1.84. The van der Waals surface area contributed by atoms with Crippen LogP contribution in [0, 0.1) is 12.3 Å². The van der Waals surface area contributed by atoms with Crippen molar-refractivity contribution < 1.29 is 0 Å². The smallest absolute Gasteiger partial charge is 0.126 e. The number of hydrogen-bond acceptors (Lipinski definition) is 2. The quantitative estimate of drug-likeness (QED) is 0.498. The summed E-state index contributed by atoms with van der Waals surface area (Å²) in [5.74, 6) is 0.0561. The lowest BCUT2D eigenvalue weighted by molar-refractivity contribution is 0.915. The van der Waals surface area contributed by atoms with Gasteiger partial charge in [0.25, 0.3) is 0 Å². The Morgan fingerprint density at radius 3 is 3.00 bits per heavy atom. The molecular weight excluding hydrogens is 164 g/mol. The molecule has 0 unspecified atom stereocenters. The lowest BCUT2D eigenvalue weighted by Gasteiger charge is -1.98. The number of rotatable bonds is 1. The number of hydrogen-bond donors (Lipinski definition) is 2. The first-order chi connectivity index (χ1) is 6.20. The Balaban J connectivity index is 2.83. The van der Waals surface area contributed by atoms with E-state index in [1.807, 2.05) is 25.1 Å². The first kappa shape index (κ1) is 7.79. The van der Waals surface area contributed by atoms with Crippen molar-refractivity contribution in [1.29, 1.82) is 5.41 Å². The summed E-state index contributed by atoms with van der Waals surface area (Å²) in [5, 5.41) is 11.5. The highest BCUT2D eigenvalue weighted by Gasteiger charge is 2.06. The minimum Gasteiger partial charge on any atom is -0.384 e. The van der Waals surface area contributed by atoms with E-state index in [9.17, 15) is 0 Å². The van der Waals surface area contributed by atoms with Gasteiger partial charge >= 0.3 is 0 Å². The van der Waals surface area contributed by atoms with Crippen LogP contribution >= 0.6 is 0 Å². The van der Waals surface area contributed by atoms with Crippen LogP contribution in [0.3, 0.4) is 0 Å². The van der Waals surface area contributed by atoms with Crippen molar-refractivity contribution in [2.24, 2.45) is 5.73 Å². The number of nitrogen functional groups attached to an aromatic ring is 1. The van der Waals surface area contributed by atoms with Crippen LogP contribution in [-0.4, -0.2) is 15.4 Å². The highest BCUT2D eigenvalue weighted by molar-refractivity contribution is 6.01. The molecule has 0 fully saturated rings. The van der Waals surface area contributed by atoms with E-state index in [1.54, 1.807) is 10.7 Å². The van der Waals surface area contributed by atoms with Gasteiger partial charge in [-0.25, -0.2) is 4.52 Å². The van der Waals surface area contributed by atoms with E-state index in [0.717, 1.165) is 11.2 Å². The van der Waals surface area contributed by atoms with Crippen molar-refractivity contribution in [1.82, 2.24) is 9.61 Å². The molecule has 0 aliphatic heterocycles. The molecule has 2 aromatic heterocycles. The zero-order valence-electron chi connectivity index (χ0n) is 7.28. The topological polar surface area (TPSA) is 67.2 Å². The molecule has 0 amide bonds. The number of nitrogens with one attached hydrogen (secondary N) is 1. The fraction of sp³-hybridized carbons (Fsp3) is 0.111. The van der Waals surface area contributed by atoms with Crippen molar-refractivity contribution in [2.75, 3.05) is 0 Å². The van der Waals surface area contributed by atoms with Gasteiger partial charge < -0.3 is 5.73 Å². The summed E-state index contributed by atoms with van der Waals surface area (Å²) in [7, 11) is 0. The molecule has 66 valence electrons. The molecule has 0 aromatic carbocycles. The van der Waals surface area contributed by atoms with Gasteiger partial charge in [0.05, 0.1) is 17.3 Å². The average molecular weight is 174 g/mol. The van der Waals surface area contributed by atoms with Gasteiger partial charge in [0, 0.05) is 5.69 Å². The van der Waals surface area contributed by atoms with E-state index in [-0.39, 0.29) is 5.84 Å². The number of fused-ring (bicyclic) bond motifs is 1. The number of nitrogens with zero attached hydrogens (tertiary/aromatic N) is 2. The normalized spacial score (nSPS) is 10.5. The molecule has 0 bridgehead atoms. The summed E-state index contributed by atoms with van der Waals surface area (Å²) < 4.78 is 1.77. The summed E-state index contributed by atoms with van der Waals surface area (Å²) >= 11 is 0. The molecule has 0 aliphatic rings. The highest BCUT2D eigenvalue weighted by atomic mass is 15.2. The third-order valence-corrected chi connectivity index (χ3v) is 2.02. The predicted octanol–water partition coefficient (Wildman–Crippen LogP) is 0.927. The number of nitrogens with two attached hydrogens (primary N) is 1. The van der Waals surface area contributed by atoms with Gasteiger partial charge in [0.2, 0.25) is 0 Å². The van der Waals surface area contributed by atoms with Gasteiger partial charge in [-0.2, -0.15) is 5.10 Å². The molecule has 2 heterocycles. The van der Waals surface area contributed by atoms with Crippen LogP contribution in [0.2, 0.25) is 0 Å². The van der Waals surface area contributed by atoms with Crippen LogP contribution in [0.4, 0.5) is 0 Å². The number of aryl methyl sites for hydroxylation is 1. The lowest BCUT2D eigenvalue weighted by atomic mass is 10.2. The molecule has 3 N–H and O–H groups in total. The van der Waals surface area contributed by atoms with E-state index in [4.69, 9.17) is 11.1 Å². The third kappa shape index (κ3) is 1.07. The van der Waals surface area contributed by atoms with E-state index in [2.05, 4.69) is 5.10 Å². The molecule has 0 aliphatic carbocycles. The Kier molecular flexibility index (Phi) is 1.55. The predicted molar refractivity (Wildman–Crippen MR) is 50.9 cm³/mol. The molecule has 0 saturated heterocycles. The second kappa shape index (κ2) is 2.58. The largest absolute Gasteiger partial charge is 0.384 e. The van der Waals surface area contributed by atoms with Gasteiger partial charge in [-0.15, -0.1) is 0 Å². The summed E-state index contributed by atoms with van der Waals surface area (Å²) in [6, 6.07) is 5.79. The molecule has 0 spiro atoms. The van der Waals surface area contributed by atoms with E-state index >= 15 is 0 Å².